The van der Waals surface area contributed by atoms with Crippen LogP contribution >= 0.6 is 27.5 Å². The van der Waals surface area contributed by atoms with Crippen LogP contribution in [0, 0.1) is 0 Å². The van der Waals surface area contributed by atoms with E-state index in [-0.39, 0.29) is 5.38 Å². The minimum absolute atomic E-state index is 0.228. The van der Waals surface area contributed by atoms with Gasteiger partial charge in [-0.1, -0.05) is 58.4 Å². The lowest BCUT2D eigenvalue weighted by Crippen LogP contribution is -2.07. The molecule has 5 nitrogen and oxygen atoms in total. The van der Waals surface area contributed by atoms with Crippen LogP contribution in [0.5, 0.6) is 0 Å². The number of nitrogens with two attached hydrogens (primary N) is 1. The standard InChI is InChI=1S/C19H15BrClN5/c20-14-8-6-13(7-9-14)17-16-18(22)23-11-24-19(16)26(25-17)10-15(21)12-4-2-1-3-5-12/h1-9,11,15H,10H2,(H2,22,23,24). The van der Waals surface area contributed by atoms with Crippen LogP contribution in [0.25, 0.3) is 22.3 Å². The molecular weight excluding hydrogens is 414 g/mol. The van der Waals surface area contributed by atoms with Crippen LogP contribution in [-0.4, -0.2) is 19.7 Å². The summed E-state index contributed by atoms with van der Waals surface area (Å²) < 4.78 is 2.80. The lowest BCUT2D eigenvalue weighted by molar-refractivity contribution is 0.617. The number of alkyl halides is 1. The van der Waals surface area contributed by atoms with Gasteiger partial charge in [-0.2, -0.15) is 5.10 Å². The number of hydrogen-bond acceptors (Lipinski definition) is 4. The summed E-state index contributed by atoms with van der Waals surface area (Å²) in [6, 6.07) is 17.8. The molecule has 0 saturated carbocycles. The van der Waals surface area contributed by atoms with Crippen LogP contribution in [-0.2, 0) is 6.54 Å². The van der Waals surface area contributed by atoms with E-state index in [0.717, 1.165) is 26.7 Å². The Kier molecular flexibility index (Phi) is 4.61. The van der Waals surface area contributed by atoms with Crippen molar-refractivity contribution >= 4 is 44.4 Å². The Morgan fingerprint density at radius 1 is 1.04 bits per heavy atom. The van der Waals surface area contributed by atoms with E-state index >= 15 is 0 Å². The van der Waals surface area contributed by atoms with E-state index in [9.17, 15) is 0 Å². The fraction of sp³-hybridized carbons (Fsp3) is 0.105. The van der Waals surface area contributed by atoms with Crippen molar-refractivity contribution in [2.75, 3.05) is 5.73 Å². The molecule has 0 amide bonds. The highest BCUT2D eigenvalue weighted by Crippen LogP contribution is 2.32. The molecule has 4 rings (SSSR count). The Hall–Kier alpha value is -2.44. The molecule has 0 spiro atoms. The smallest absolute Gasteiger partial charge is 0.164 e. The Bertz CT molecular complexity index is 1050. The summed E-state index contributed by atoms with van der Waals surface area (Å²) in [5.74, 6) is 0.407. The average molecular weight is 429 g/mol. The first kappa shape index (κ1) is 17.0. The first-order chi connectivity index (χ1) is 12.6. The second-order valence-corrected chi connectivity index (χ2v) is 7.32. The predicted octanol–water partition coefficient (Wildman–Crippen LogP) is 4.82. The molecule has 0 aliphatic carbocycles. The summed E-state index contributed by atoms with van der Waals surface area (Å²) >= 11 is 10.1. The molecule has 26 heavy (non-hydrogen) atoms. The van der Waals surface area contributed by atoms with E-state index in [1.54, 1.807) is 4.68 Å². The van der Waals surface area contributed by atoms with Crippen molar-refractivity contribution in [3.8, 4) is 11.3 Å². The summed E-state index contributed by atoms with van der Waals surface area (Å²) in [7, 11) is 0. The van der Waals surface area contributed by atoms with Gasteiger partial charge < -0.3 is 5.73 Å². The van der Waals surface area contributed by atoms with Gasteiger partial charge in [-0.3, -0.25) is 0 Å². The van der Waals surface area contributed by atoms with Crippen molar-refractivity contribution in [2.45, 2.75) is 11.9 Å². The van der Waals surface area contributed by atoms with Gasteiger partial charge in [0.05, 0.1) is 17.3 Å². The minimum Gasteiger partial charge on any atom is -0.383 e. The van der Waals surface area contributed by atoms with Crippen LogP contribution in [0.2, 0.25) is 0 Å². The number of benzene rings is 2. The Morgan fingerprint density at radius 2 is 1.77 bits per heavy atom. The summed E-state index contributed by atoms with van der Waals surface area (Å²) in [4.78, 5) is 8.53. The molecule has 2 N–H and O–H groups in total. The van der Waals surface area contributed by atoms with Gasteiger partial charge in [-0.05, 0) is 17.7 Å². The molecule has 7 heteroatoms. The fourth-order valence-electron chi connectivity index (χ4n) is 2.89. The third-order valence-electron chi connectivity index (χ3n) is 4.17. The van der Waals surface area contributed by atoms with Crippen LogP contribution in [0.4, 0.5) is 5.82 Å². The molecule has 0 aliphatic heterocycles. The Balaban J connectivity index is 1.81. The maximum atomic E-state index is 6.62. The van der Waals surface area contributed by atoms with Gasteiger partial charge in [-0.25, -0.2) is 14.6 Å². The Labute approximate surface area is 164 Å². The van der Waals surface area contributed by atoms with Gasteiger partial charge >= 0.3 is 0 Å². The van der Waals surface area contributed by atoms with Crippen LogP contribution in [0.15, 0.2) is 65.4 Å². The van der Waals surface area contributed by atoms with E-state index in [0.29, 0.717) is 18.0 Å². The minimum atomic E-state index is -0.228. The van der Waals surface area contributed by atoms with Crippen molar-refractivity contribution in [1.82, 2.24) is 19.7 Å². The van der Waals surface area contributed by atoms with Gasteiger partial charge in [0.2, 0.25) is 0 Å². The molecular formula is C19H15BrClN5. The zero-order chi connectivity index (χ0) is 18.1. The molecule has 2 aromatic carbocycles. The van der Waals surface area contributed by atoms with E-state index in [1.807, 2.05) is 54.6 Å². The van der Waals surface area contributed by atoms with Gasteiger partial charge in [0.15, 0.2) is 5.65 Å². The lowest BCUT2D eigenvalue weighted by atomic mass is 10.1. The second kappa shape index (κ2) is 7.05. The van der Waals surface area contributed by atoms with Crippen molar-refractivity contribution in [3.63, 3.8) is 0 Å². The third-order valence-corrected chi connectivity index (χ3v) is 5.09. The molecule has 2 heterocycles. The summed E-state index contributed by atoms with van der Waals surface area (Å²) in [6.45, 7) is 0.481. The number of halogens is 2. The first-order valence-corrected chi connectivity index (χ1v) is 9.28. The van der Waals surface area contributed by atoms with E-state index in [2.05, 4.69) is 25.9 Å². The molecule has 4 aromatic rings. The molecule has 1 unspecified atom stereocenters. The summed E-state index contributed by atoms with van der Waals surface area (Å²) in [6.07, 6.45) is 1.45. The normalized spacial score (nSPS) is 12.4. The molecule has 0 fully saturated rings. The Morgan fingerprint density at radius 3 is 2.50 bits per heavy atom. The van der Waals surface area contributed by atoms with Crippen molar-refractivity contribution in [3.05, 3.63) is 71.0 Å². The van der Waals surface area contributed by atoms with Gasteiger partial charge in [0, 0.05) is 10.0 Å². The molecule has 0 bridgehead atoms. The number of nitrogens with zero attached hydrogens (tertiary/aromatic N) is 4. The topological polar surface area (TPSA) is 69.6 Å². The molecule has 0 aliphatic rings. The second-order valence-electron chi connectivity index (χ2n) is 5.87. The quantitative estimate of drug-likeness (QED) is 0.473. The summed E-state index contributed by atoms with van der Waals surface area (Å²) in [5.41, 5.74) is 9.54. The zero-order valence-corrected chi connectivity index (χ0v) is 16.0. The lowest BCUT2D eigenvalue weighted by Gasteiger charge is -2.10. The number of rotatable bonds is 4. The van der Waals surface area contributed by atoms with Crippen molar-refractivity contribution < 1.29 is 0 Å². The predicted molar refractivity (Wildman–Crippen MR) is 108 cm³/mol. The van der Waals surface area contributed by atoms with Crippen LogP contribution in [0.3, 0.4) is 0 Å². The number of nitrogen functional groups attached to an aromatic ring is 1. The number of anilines is 1. The van der Waals surface area contributed by atoms with Crippen LogP contribution < -0.4 is 5.73 Å². The highest BCUT2D eigenvalue weighted by Gasteiger charge is 2.19. The van der Waals surface area contributed by atoms with Crippen molar-refractivity contribution in [1.29, 1.82) is 0 Å². The maximum Gasteiger partial charge on any atom is 0.164 e. The molecule has 0 saturated heterocycles. The van der Waals surface area contributed by atoms with E-state index in [1.165, 1.54) is 6.33 Å². The fourth-order valence-corrected chi connectivity index (χ4v) is 3.43. The number of hydrogen-bond donors (Lipinski definition) is 1. The maximum absolute atomic E-state index is 6.62. The zero-order valence-electron chi connectivity index (χ0n) is 13.7. The monoisotopic (exact) mass is 427 g/mol. The highest BCUT2D eigenvalue weighted by atomic mass is 79.9. The van der Waals surface area contributed by atoms with Crippen molar-refractivity contribution in [2.24, 2.45) is 0 Å². The highest BCUT2D eigenvalue weighted by molar-refractivity contribution is 9.10. The number of fused-ring (bicyclic) bond motifs is 1. The van der Waals surface area contributed by atoms with Gasteiger partial charge in [0.1, 0.15) is 17.8 Å². The summed E-state index contributed by atoms with van der Waals surface area (Å²) in [5, 5.41) is 5.26. The molecule has 0 radical (unpaired) electrons. The average Bonchev–Trinajstić information content (AvgIpc) is 3.03. The molecule has 1 atom stereocenters. The van der Waals surface area contributed by atoms with E-state index < -0.39 is 0 Å². The van der Waals surface area contributed by atoms with Crippen LogP contribution in [0.1, 0.15) is 10.9 Å². The molecule has 2 aromatic heterocycles. The van der Waals surface area contributed by atoms with Gasteiger partial charge in [0.25, 0.3) is 0 Å². The SMILES string of the molecule is Nc1ncnc2c1c(-c1ccc(Br)cc1)nn2CC(Cl)c1ccccc1. The number of aromatic nitrogens is 4. The van der Waals surface area contributed by atoms with Gasteiger partial charge in [-0.15, -0.1) is 11.6 Å². The van der Waals surface area contributed by atoms with E-state index in [4.69, 9.17) is 22.4 Å². The molecule has 130 valence electrons. The first-order valence-electron chi connectivity index (χ1n) is 8.05. The largest absolute Gasteiger partial charge is 0.383 e. The third kappa shape index (κ3) is 3.18.